The third-order valence-corrected chi connectivity index (χ3v) is 4.48. The monoisotopic (exact) mass is 291 g/mol. The van der Waals surface area contributed by atoms with Crippen LogP contribution in [0.2, 0.25) is 0 Å². The van der Waals surface area contributed by atoms with Crippen molar-refractivity contribution in [2.45, 2.75) is 52.6 Å². The zero-order chi connectivity index (χ0) is 15.4. The molecule has 118 valence electrons. The molecule has 1 N–H and O–H groups in total. The average Bonchev–Trinajstić information content (AvgIpc) is 2.49. The van der Waals surface area contributed by atoms with Gasteiger partial charge in [0.25, 0.3) is 0 Å². The molecule has 1 aromatic heterocycles. The first-order valence-corrected chi connectivity index (χ1v) is 8.13. The molecule has 2 rings (SSSR count). The van der Waals surface area contributed by atoms with Crippen molar-refractivity contribution >= 4 is 11.6 Å². The second-order valence-corrected chi connectivity index (χ2v) is 6.07. The quantitative estimate of drug-likeness (QED) is 0.902. The van der Waals surface area contributed by atoms with Gasteiger partial charge in [-0.05, 0) is 33.7 Å². The van der Waals surface area contributed by atoms with Crippen molar-refractivity contribution in [3.63, 3.8) is 0 Å². The highest BCUT2D eigenvalue weighted by molar-refractivity contribution is 5.59. The van der Waals surface area contributed by atoms with E-state index in [-0.39, 0.29) is 0 Å². The highest BCUT2D eigenvalue weighted by Gasteiger charge is 2.28. The summed E-state index contributed by atoms with van der Waals surface area (Å²) in [5.74, 6) is 2.11. The number of aromatic nitrogens is 2. The molecule has 0 spiro atoms. The lowest BCUT2D eigenvalue weighted by Gasteiger charge is -2.43. The highest BCUT2D eigenvalue weighted by atomic mass is 15.3. The smallest absolute Gasteiger partial charge is 0.137 e. The molecular weight excluding hydrogens is 262 g/mol. The number of likely N-dealkylation sites (N-methyl/N-ethyl adjacent to an activating group) is 1. The van der Waals surface area contributed by atoms with E-state index in [1.165, 1.54) is 5.56 Å². The molecule has 0 saturated carbocycles. The maximum atomic E-state index is 4.59. The molecule has 1 aliphatic heterocycles. The highest BCUT2D eigenvalue weighted by Crippen LogP contribution is 2.27. The van der Waals surface area contributed by atoms with Crippen LogP contribution < -0.4 is 10.2 Å². The molecule has 5 heteroatoms. The van der Waals surface area contributed by atoms with Gasteiger partial charge in [0.2, 0.25) is 0 Å². The minimum Gasteiger partial charge on any atom is -0.370 e. The first-order chi connectivity index (χ1) is 10.1. The van der Waals surface area contributed by atoms with Crippen LogP contribution in [-0.2, 0) is 6.42 Å². The molecule has 5 nitrogen and oxygen atoms in total. The van der Waals surface area contributed by atoms with Crippen LogP contribution in [0.5, 0.6) is 0 Å². The van der Waals surface area contributed by atoms with E-state index in [0.717, 1.165) is 44.1 Å². The lowest BCUT2D eigenvalue weighted by molar-refractivity contribution is 0.169. The van der Waals surface area contributed by atoms with Crippen molar-refractivity contribution in [3.8, 4) is 0 Å². The van der Waals surface area contributed by atoms with Gasteiger partial charge in [-0.1, -0.05) is 13.8 Å². The summed E-state index contributed by atoms with van der Waals surface area (Å²) in [6.07, 6.45) is 3.75. The fourth-order valence-electron chi connectivity index (χ4n) is 2.97. The van der Waals surface area contributed by atoms with Crippen LogP contribution >= 0.6 is 0 Å². The van der Waals surface area contributed by atoms with Gasteiger partial charge in [-0.25, -0.2) is 9.97 Å². The van der Waals surface area contributed by atoms with E-state index in [1.807, 2.05) is 0 Å². The third-order valence-electron chi connectivity index (χ3n) is 4.48. The summed E-state index contributed by atoms with van der Waals surface area (Å²) >= 11 is 0. The first kappa shape index (κ1) is 16.0. The van der Waals surface area contributed by atoms with Gasteiger partial charge < -0.3 is 10.2 Å². The molecular formula is C16H29N5. The summed E-state index contributed by atoms with van der Waals surface area (Å²) in [6, 6.07) is 1.08. The molecule has 1 fully saturated rings. The predicted molar refractivity (Wildman–Crippen MR) is 89.1 cm³/mol. The van der Waals surface area contributed by atoms with Crippen molar-refractivity contribution in [2.24, 2.45) is 0 Å². The average molecular weight is 291 g/mol. The van der Waals surface area contributed by atoms with Crippen molar-refractivity contribution in [1.29, 1.82) is 0 Å². The molecule has 1 aliphatic rings. The maximum Gasteiger partial charge on any atom is 0.137 e. The number of nitrogens with one attached hydrogen (secondary N) is 1. The number of nitrogens with zero attached hydrogens (tertiary/aromatic N) is 4. The fourth-order valence-corrected chi connectivity index (χ4v) is 2.97. The van der Waals surface area contributed by atoms with Crippen LogP contribution in [-0.4, -0.2) is 53.6 Å². The van der Waals surface area contributed by atoms with Crippen molar-refractivity contribution < 1.29 is 0 Å². The molecule has 2 unspecified atom stereocenters. The van der Waals surface area contributed by atoms with Crippen molar-refractivity contribution in [1.82, 2.24) is 14.9 Å². The molecule has 0 aromatic carbocycles. The van der Waals surface area contributed by atoms with E-state index in [4.69, 9.17) is 0 Å². The second-order valence-electron chi connectivity index (χ2n) is 6.07. The Morgan fingerprint density at radius 2 is 1.86 bits per heavy atom. The molecule has 1 saturated heterocycles. The molecule has 1 aromatic rings. The largest absolute Gasteiger partial charge is 0.370 e. The summed E-state index contributed by atoms with van der Waals surface area (Å²) in [6.45, 7) is 11.9. The van der Waals surface area contributed by atoms with Crippen LogP contribution in [0.25, 0.3) is 0 Å². The van der Waals surface area contributed by atoms with Crippen molar-refractivity contribution in [2.75, 3.05) is 36.9 Å². The first-order valence-electron chi connectivity index (χ1n) is 8.13. The van der Waals surface area contributed by atoms with Crippen molar-refractivity contribution in [3.05, 3.63) is 11.9 Å². The molecule has 21 heavy (non-hydrogen) atoms. The van der Waals surface area contributed by atoms with E-state index in [1.54, 1.807) is 6.33 Å². The molecule has 0 aliphatic carbocycles. The van der Waals surface area contributed by atoms with E-state index in [9.17, 15) is 0 Å². The van der Waals surface area contributed by atoms with Gasteiger partial charge in [-0.2, -0.15) is 0 Å². The summed E-state index contributed by atoms with van der Waals surface area (Å²) in [4.78, 5) is 13.9. The van der Waals surface area contributed by atoms with Crippen LogP contribution in [0.4, 0.5) is 11.6 Å². The Morgan fingerprint density at radius 1 is 1.19 bits per heavy atom. The number of anilines is 2. The Balaban J connectivity index is 2.26. The summed E-state index contributed by atoms with van der Waals surface area (Å²) in [7, 11) is 2.21. The van der Waals surface area contributed by atoms with Crippen LogP contribution in [0.1, 0.15) is 39.7 Å². The summed E-state index contributed by atoms with van der Waals surface area (Å²) in [5.41, 5.74) is 1.25. The van der Waals surface area contributed by atoms with E-state index in [2.05, 4.69) is 59.8 Å². The van der Waals surface area contributed by atoms with E-state index >= 15 is 0 Å². The number of rotatable bonds is 5. The van der Waals surface area contributed by atoms with Gasteiger partial charge >= 0.3 is 0 Å². The Morgan fingerprint density at radius 3 is 2.43 bits per heavy atom. The Bertz CT molecular complexity index is 450. The van der Waals surface area contributed by atoms with Crippen LogP contribution in [0, 0.1) is 0 Å². The topological polar surface area (TPSA) is 44.3 Å². The van der Waals surface area contributed by atoms with Gasteiger partial charge in [0.1, 0.15) is 18.0 Å². The van der Waals surface area contributed by atoms with Gasteiger partial charge in [0, 0.05) is 37.3 Å². The summed E-state index contributed by atoms with van der Waals surface area (Å²) in [5, 5.41) is 3.44. The molecule has 0 bridgehead atoms. The van der Waals surface area contributed by atoms with E-state index < -0.39 is 0 Å². The Hall–Kier alpha value is -1.36. The zero-order valence-corrected chi connectivity index (χ0v) is 14.1. The summed E-state index contributed by atoms with van der Waals surface area (Å²) < 4.78 is 0. The Labute approximate surface area is 128 Å². The van der Waals surface area contributed by atoms with Crippen LogP contribution in [0.3, 0.4) is 0 Å². The minimum absolute atomic E-state index is 0.542. The lowest BCUT2D eigenvalue weighted by Crippen LogP contribution is -2.55. The maximum absolute atomic E-state index is 4.59. The number of piperazine rings is 1. The van der Waals surface area contributed by atoms with E-state index in [0.29, 0.717) is 12.1 Å². The second kappa shape index (κ2) is 7.07. The van der Waals surface area contributed by atoms with Gasteiger partial charge in [0.05, 0.1) is 0 Å². The fraction of sp³-hybridized carbons (Fsp3) is 0.750. The number of hydrogen-bond donors (Lipinski definition) is 1. The lowest BCUT2D eigenvalue weighted by atomic mass is 10.1. The van der Waals surface area contributed by atoms with Crippen LogP contribution in [0.15, 0.2) is 6.33 Å². The van der Waals surface area contributed by atoms with Gasteiger partial charge in [-0.3, -0.25) is 4.90 Å². The Kier molecular flexibility index (Phi) is 5.39. The van der Waals surface area contributed by atoms with Gasteiger partial charge in [-0.15, -0.1) is 0 Å². The van der Waals surface area contributed by atoms with Gasteiger partial charge in [0.15, 0.2) is 0 Å². The minimum atomic E-state index is 0.542. The predicted octanol–water partition coefficient (Wildman–Crippen LogP) is 2.39. The molecule has 0 radical (unpaired) electrons. The SMILES string of the molecule is CCCNc1ncnc(N2CC(C)N(C)C(C)C2)c1CC. The molecule has 0 amide bonds. The molecule has 2 atom stereocenters. The standard InChI is InChI=1S/C16H29N5/c1-6-8-17-15-14(7-2)16(19-11-18-15)21-9-12(3)20(5)13(4)10-21/h11-13H,6-10H2,1-5H3,(H,17,18,19). The normalized spacial score (nSPS) is 23.4. The molecule has 2 heterocycles. The third kappa shape index (κ3) is 3.46. The number of hydrogen-bond acceptors (Lipinski definition) is 5. The zero-order valence-electron chi connectivity index (χ0n) is 14.1.